The summed E-state index contributed by atoms with van der Waals surface area (Å²) < 4.78 is 12.4. The molecule has 2 N–H and O–H groups in total. The number of piperidine rings is 1. The lowest BCUT2D eigenvalue weighted by Crippen LogP contribution is -2.67. The minimum absolute atomic E-state index is 0.0823. The van der Waals surface area contributed by atoms with Crippen molar-refractivity contribution in [1.29, 1.82) is 0 Å². The lowest BCUT2D eigenvalue weighted by Gasteiger charge is -2.54. The lowest BCUT2D eigenvalue weighted by molar-refractivity contribution is -0.154. The summed E-state index contributed by atoms with van der Waals surface area (Å²) in [7, 11) is 2.11. The minimum Gasteiger partial charge on any atom is -0.463 e. The molecule has 2 aliphatic heterocycles. The SMILES string of the molecule is CNC12CCCC3C(=C(C)COC1CC(C)CN2)CC1C3CCC2CC(OC(C)=O)CCC21C. The summed E-state index contributed by atoms with van der Waals surface area (Å²) in [6.07, 6.45) is 12.4. The molecule has 5 rings (SSSR count). The number of hydrogen-bond acceptors (Lipinski definition) is 5. The van der Waals surface area contributed by atoms with Gasteiger partial charge in [0.25, 0.3) is 0 Å². The van der Waals surface area contributed by atoms with Gasteiger partial charge < -0.3 is 14.8 Å². The van der Waals surface area contributed by atoms with Gasteiger partial charge in [-0.2, -0.15) is 0 Å². The third-order valence-electron chi connectivity index (χ3n) is 10.9. The fourth-order valence-electron chi connectivity index (χ4n) is 9.01. The molecule has 0 bridgehead atoms. The summed E-state index contributed by atoms with van der Waals surface area (Å²) in [5.74, 6) is 3.56. The summed E-state index contributed by atoms with van der Waals surface area (Å²) in [5, 5.41) is 7.51. The molecular weight excluding hydrogens is 424 g/mol. The Hall–Kier alpha value is -0.910. The number of esters is 1. The summed E-state index contributed by atoms with van der Waals surface area (Å²) in [6, 6.07) is 0. The van der Waals surface area contributed by atoms with Gasteiger partial charge in [0.15, 0.2) is 0 Å². The molecule has 3 saturated carbocycles. The van der Waals surface area contributed by atoms with E-state index in [9.17, 15) is 4.79 Å². The molecule has 0 amide bonds. The largest absolute Gasteiger partial charge is 0.463 e. The average Bonchev–Trinajstić information content (AvgIpc) is 3.18. The van der Waals surface area contributed by atoms with Gasteiger partial charge in [-0.15, -0.1) is 0 Å². The Morgan fingerprint density at radius 1 is 1.18 bits per heavy atom. The second-order valence-electron chi connectivity index (χ2n) is 12.8. The number of ether oxygens (including phenoxy) is 2. The molecule has 34 heavy (non-hydrogen) atoms. The molecule has 0 aromatic rings. The average molecular weight is 473 g/mol. The quantitative estimate of drug-likeness (QED) is 0.427. The van der Waals surface area contributed by atoms with E-state index < -0.39 is 0 Å². The predicted molar refractivity (Wildman–Crippen MR) is 135 cm³/mol. The molecule has 2 heterocycles. The highest BCUT2D eigenvalue weighted by atomic mass is 16.5. The summed E-state index contributed by atoms with van der Waals surface area (Å²) in [6.45, 7) is 10.7. The van der Waals surface area contributed by atoms with Gasteiger partial charge in [0.2, 0.25) is 0 Å². The van der Waals surface area contributed by atoms with Crippen LogP contribution < -0.4 is 10.6 Å². The van der Waals surface area contributed by atoms with Crippen molar-refractivity contribution in [3.8, 4) is 0 Å². The lowest BCUT2D eigenvalue weighted by atomic mass is 9.52. The van der Waals surface area contributed by atoms with Gasteiger partial charge in [-0.05, 0) is 125 Å². The van der Waals surface area contributed by atoms with Crippen LogP contribution >= 0.6 is 0 Å². The van der Waals surface area contributed by atoms with Crippen LogP contribution in [0.15, 0.2) is 11.1 Å². The number of fused-ring (bicyclic) bond motifs is 6. The molecule has 5 heteroatoms. The zero-order valence-electron chi connectivity index (χ0n) is 22.3. The molecule has 192 valence electrons. The van der Waals surface area contributed by atoms with Gasteiger partial charge >= 0.3 is 5.97 Å². The molecule has 9 atom stereocenters. The highest BCUT2D eigenvalue weighted by Crippen LogP contribution is 2.64. The van der Waals surface area contributed by atoms with E-state index in [1.165, 1.54) is 44.1 Å². The van der Waals surface area contributed by atoms with E-state index in [1.54, 1.807) is 12.5 Å². The van der Waals surface area contributed by atoms with Gasteiger partial charge in [0.05, 0.1) is 18.4 Å². The van der Waals surface area contributed by atoms with E-state index in [0.717, 1.165) is 56.6 Å². The first-order valence-corrected chi connectivity index (χ1v) is 14.2. The van der Waals surface area contributed by atoms with E-state index in [0.29, 0.717) is 17.3 Å². The van der Waals surface area contributed by atoms with E-state index in [4.69, 9.17) is 9.47 Å². The molecule has 9 unspecified atom stereocenters. The van der Waals surface area contributed by atoms with Crippen molar-refractivity contribution in [2.75, 3.05) is 20.2 Å². The zero-order chi connectivity index (χ0) is 24.1. The van der Waals surface area contributed by atoms with Gasteiger partial charge in [-0.25, -0.2) is 0 Å². The highest BCUT2D eigenvalue weighted by Gasteiger charge is 2.56. The first-order chi connectivity index (χ1) is 16.3. The van der Waals surface area contributed by atoms with E-state index in [2.05, 4.69) is 38.5 Å². The van der Waals surface area contributed by atoms with Crippen LogP contribution in [0.25, 0.3) is 0 Å². The van der Waals surface area contributed by atoms with Crippen molar-refractivity contribution in [2.24, 2.45) is 35.0 Å². The molecule has 0 radical (unpaired) electrons. The van der Waals surface area contributed by atoms with Crippen LogP contribution in [-0.4, -0.2) is 44.0 Å². The molecule has 5 nitrogen and oxygen atoms in total. The number of carbonyl (C=O) groups is 1. The monoisotopic (exact) mass is 472 g/mol. The van der Waals surface area contributed by atoms with Gasteiger partial charge in [-0.3, -0.25) is 10.1 Å². The number of likely N-dealkylation sites (N-methyl/N-ethyl adjacent to an activating group) is 1. The van der Waals surface area contributed by atoms with E-state index >= 15 is 0 Å². The molecule has 1 saturated heterocycles. The third kappa shape index (κ3) is 4.28. The Balaban J connectivity index is 1.37. The van der Waals surface area contributed by atoms with Crippen LogP contribution in [-0.2, 0) is 14.3 Å². The molecule has 5 aliphatic rings. The number of hydrogen-bond donors (Lipinski definition) is 2. The van der Waals surface area contributed by atoms with Crippen LogP contribution in [0.4, 0.5) is 0 Å². The molecule has 3 aliphatic carbocycles. The normalized spacial score (nSPS) is 47.1. The maximum absolute atomic E-state index is 11.6. The Kier molecular flexibility index (Phi) is 6.93. The fourth-order valence-corrected chi connectivity index (χ4v) is 9.01. The molecule has 0 spiro atoms. The van der Waals surface area contributed by atoms with Gasteiger partial charge in [0.1, 0.15) is 6.10 Å². The van der Waals surface area contributed by atoms with Crippen LogP contribution in [0, 0.1) is 35.0 Å². The topological polar surface area (TPSA) is 59.6 Å². The second-order valence-corrected chi connectivity index (χ2v) is 12.8. The Labute approximate surface area is 207 Å². The van der Waals surface area contributed by atoms with E-state index in [1.807, 2.05) is 0 Å². The highest BCUT2D eigenvalue weighted by molar-refractivity contribution is 5.66. The molecular formula is C29H48N2O3. The van der Waals surface area contributed by atoms with Crippen molar-refractivity contribution in [2.45, 2.75) is 110 Å². The van der Waals surface area contributed by atoms with Crippen LogP contribution in [0.3, 0.4) is 0 Å². The van der Waals surface area contributed by atoms with Crippen molar-refractivity contribution in [1.82, 2.24) is 10.6 Å². The number of nitrogens with one attached hydrogen (secondary N) is 2. The molecule has 0 aromatic heterocycles. The number of rotatable bonds is 2. The third-order valence-corrected chi connectivity index (χ3v) is 10.9. The summed E-state index contributed by atoms with van der Waals surface area (Å²) >= 11 is 0. The minimum atomic E-state index is -0.113. The van der Waals surface area contributed by atoms with Crippen LogP contribution in [0.5, 0.6) is 0 Å². The predicted octanol–water partition coefficient (Wildman–Crippen LogP) is 5.20. The van der Waals surface area contributed by atoms with Gasteiger partial charge in [0, 0.05) is 6.92 Å². The zero-order valence-corrected chi connectivity index (χ0v) is 22.3. The van der Waals surface area contributed by atoms with Crippen LogP contribution in [0.1, 0.15) is 91.9 Å². The first-order valence-electron chi connectivity index (χ1n) is 14.2. The Morgan fingerprint density at radius 3 is 2.76 bits per heavy atom. The fraction of sp³-hybridized carbons (Fsp3) is 0.897. The standard InChI is InChI=1S/C29H48N2O3/c1-18-13-27-29(30-5,31-16-18)11-6-7-23-24-9-8-21-14-22(34-20(3)32)10-12-28(21,4)26(24)15-25(23)19(2)17-33-27/h18,21-24,26-27,30-31H,6-17H2,1-5H3. The van der Waals surface area contributed by atoms with Crippen molar-refractivity contribution in [3.63, 3.8) is 0 Å². The summed E-state index contributed by atoms with van der Waals surface area (Å²) in [5.41, 5.74) is 3.56. The van der Waals surface area contributed by atoms with Crippen LogP contribution in [0.2, 0.25) is 0 Å². The second kappa shape index (κ2) is 9.52. The number of allylic oxidation sites excluding steroid dienone is 1. The van der Waals surface area contributed by atoms with Crippen molar-refractivity contribution in [3.05, 3.63) is 11.1 Å². The molecule has 4 fully saturated rings. The molecule has 0 aromatic carbocycles. The smallest absolute Gasteiger partial charge is 0.302 e. The van der Waals surface area contributed by atoms with Crippen molar-refractivity contribution < 1.29 is 14.3 Å². The number of carbonyl (C=O) groups excluding carboxylic acids is 1. The maximum atomic E-state index is 11.6. The summed E-state index contributed by atoms with van der Waals surface area (Å²) in [4.78, 5) is 11.6. The Bertz CT molecular complexity index is 811. The Morgan fingerprint density at radius 2 is 2.00 bits per heavy atom. The van der Waals surface area contributed by atoms with Crippen molar-refractivity contribution >= 4 is 5.97 Å². The van der Waals surface area contributed by atoms with Gasteiger partial charge in [-0.1, -0.05) is 19.4 Å². The first kappa shape index (κ1) is 24.8. The maximum Gasteiger partial charge on any atom is 0.302 e. The van der Waals surface area contributed by atoms with E-state index in [-0.39, 0.29) is 23.8 Å².